The SMILES string of the molecule is Cc1ccc(S(=O)(=O)NC(c2ccoc2)c2cc3ccccc3n2-c2ccccn2)cc1. The number of benzene rings is 2. The summed E-state index contributed by atoms with van der Waals surface area (Å²) in [5.41, 5.74) is 3.36. The Balaban J connectivity index is 1.70. The van der Waals surface area contributed by atoms with Crippen LogP contribution in [0.1, 0.15) is 22.9 Å². The van der Waals surface area contributed by atoms with E-state index < -0.39 is 16.1 Å². The van der Waals surface area contributed by atoms with Crippen LogP contribution in [-0.2, 0) is 10.0 Å². The summed E-state index contributed by atoms with van der Waals surface area (Å²) in [4.78, 5) is 4.73. The van der Waals surface area contributed by atoms with Crippen LogP contribution in [0, 0.1) is 6.92 Å². The molecule has 0 amide bonds. The Bertz CT molecular complexity index is 1460. The first kappa shape index (κ1) is 20.2. The number of furan rings is 1. The van der Waals surface area contributed by atoms with Crippen molar-refractivity contribution in [3.8, 4) is 5.82 Å². The van der Waals surface area contributed by atoms with E-state index in [1.165, 1.54) is 6.26 Å². The topological polar surface area (TPSA) is 77.1 Å². The molecule has 6 nitrogen and oxygen atoms in total. The summed E-state index contributed by atoms with van der Waals surface area (Å²) in [7, 11) is -3.81. The van der Waals surface area contributed by atoms with Gasteiger partial charge in [0, 0.05) is 22.8 Å². The van der Waals surface area contributed by atoms with E-state index in [0.717, 1.165) is 22.2 Å². The number of hydrogen-bond donors (Lipinski definition) is 1. The van der Waals surface area contributed by atoms with Crippen molar-refractivity contribution in [3.05, 3.63) is 114 Å². The second-order valence-corrected chi connectivity index (χ2v) is 9.29. The molecule has 32 heavy (non-hydrogen) atoms. The molecule has 0 saturated heterocycles. The minimum atomic E-state index is -3.81. The molecule has 3 heterocycles. The van der Waals surface area contributed by atoms with Crippen LogP contribution in [0.4, 0.5) is 0 Å². The van der Waals surface area contributed by atoms with Gasteiger partial charge in [0.05, 0.1) is 29.0 Å². The van der Waals surface area contributed by atoms with E-state index in [2.05, 4.69) is 9.71 Å². The molecule has 5 aromatic rings. The van der Waals surface area contributed by atoms with Crippen molar-refractivity contribution in [2.75, 3.05) is 0 Å². The summed E-state index contributed by atoms with van der Waals surface area (Å²) in [5, 5.41) is 0.983. The monoisotopic (exact) mass is 443 g/mol. The van der Waals surface area contributed by atoms with Crippen molar-refractivity contribution in [2.45, 2.75) is 17.9 Å². The minimum Gasteiger partial charge on any atom is -0.472 e. The molecule has 1 N–H and O–H groups in total. The van der Waals surface area contributed by atoms with Crippen LogP contribution in [0.3, 0.4) is 0 Å². The lowest BCUT2D eigenvalue weighted by Gasteiger charge is -2.20. The molecule has 3 aromatic heterocycles. The third kappa shape index (κ3) is 3.72. The van der Waals surface area contributed by atoms with Crippen molar-refractivity contribution < 1.29 is 12.8 Å². The molecule has 0 aliphatic heterocycles. The Morgan fingerprint density at radius 3 is 2.47 bits per heavy atom. The fourth-order valence-electron chi connectivity index (χ4n) is 3.81. The van der Waals surface area contributed by atoms with Gasteiger partial charge in [-0.15, -0.1) is 0 Å². The summed E-state index contributed by atoms with van der Waals surface area (Å²) < 4.78 is 36.8. The molecule has 1 unspecified atom stereocenters. The molecular weight excluding hydrogens is 422 g/mol. The molecule has 0 fully saturated rings. The summed E-state index contributed by atoms with van der Waals surface area (Å²) in [5.74, 6) is 0.701. The summed E-state index contributed by atoms with van der Waals surface area (Å²) in [6.45, 7) is 1.92. The quantitative estimate of drug-likeness (QED) is 0.401. The maximum absolute atomic E-state index is 13.3. The number of aryl methyl sites for hydroxylation is 1. The van der Waals surface area contributed by atoms with Crippen LogP contribution < -0.4 is 4.72 Å². The molecule has 5 rings (SSSR count). The number of nitrogens with zero attached hydrogens (tertiary/aromatic N) is 2. The Morgan fingerprint density at radius 1 is 0.969 bits per heavy atom. The predicted octanol–water partition coefficient (Wildman–Crippen LogP) is 4.99. The van der Waals surface area contributed by atoms with Gasteiger partial charge in [0.1, 0.15) is 5.82 Å². The molecule has 0 spiro atoms. The third-order valence-electron chi connectivity index (χ3n) is 5.39. The van der Waals surface area contributed by atoms with Gasteiger partial charge in [-0.1, -0.05) is 42.0 Å². The number of rotatable bonds is 6. The van der Waals surface area contributed by atoms with E-state index in [1.807, 2.05) is 60.0 Å². The summed E-state index contributed by atoms with van der Waals surface area (Å²) >= 11 is 0. The van der Waals surface area contributed by atoms with Crippen LogP contribution >= 0.6 is 0 Å². The Morgan fingerprint density at radius 2 is 1.75 bits per heavy atom. The number of hydrogen-bond acceptors (Lipinski definition) is 4. The Labute approximate surface area is 186 Å². The molecule has 0 aliphatic carbocycles. The first-order valence-corrected chi connectivity index (χ1v) is 11.6. The highest BCUT2D eigenvalue weighted by molar-refractivity contribution is 7.89. The minimum absolute atomic E-state index is 0.206. The van der Waals surface area contributed by atoms with Gasteiger partial charge in [-0.3, -0.25) is 4.57 Å². The van der Waals surface area contributed by atoms with Gasteiger partial charge >= 0.3 is 0 Å². The zero-order valence-corrected chi connectivity index (χ0v) is 18.2. The highest BCUT2D eigenvalue weighted by atomic mass is 32.2. The first-order valence-electron chi connectivity index (χ1n) is 10.2. The standard InChI is InChI=1S/C25H21N3O3S/c1-18-9-11-21(12-10-18)32(29,30)27-25(20-13-15-31-17-20)23-16-19-6-2-3-7-22(19)28(23)24-8-4-5-14-26-24/h2-17,25,27H,1H3. The maximum atomic E-state index is 13.3. The molecule has 0 radical (unpaired) electrons. The van der Waals surface area contributed by atoms with Gasteiger partial charge < -0.3 is 4.42 Å². The van der Waals surface area contributed by atoms with Crippen LogP contribution in [-0.4, -0.2) is 18.0 Å². The maximum Gasteiger partial charge on any atom is 0.241 e. The zero-order valence-electron chi connectivity index (χ0n) is 17.3. The number of fused-ring (bicyclic) bond motifs is 1. The summed E-state index contributed by atoms with van der Waals surface area (Å²) in [6, 6.07) is 23.4. The molecule has 0 bridgehead atoms. The number of aromatic nitrogens is 2. The molecule has 7 heteroatoms. The molecule has 160 valence electrons. The van der Waals surface area contributed by atoms with Crippen LogP contribution in [0.15, 0.2) is 107 Å². The molecule has 1 atom stereocenters. The molecule has 0 saturated carbocycles. The smallest absolute Gasteiger partial charge is 0.241 e. The van der Waals surface area contributed by atoms with E-state index in [4.69, 9.17) is 4.42 Å². The van der Waals surface area contributed by atoms with E-state index in [-0.39, 0.29) is 4.90 Å². The fraction of sp³-hybridized carbons (Fsp3) is 0.0800. The van der Waals surface area contributed by atoms with Crippen LogP contribution in [0.25, 0.3) is 16.7 Å². The van der Waals surface area contributed by atoms with E-state index in [1.54, 1.807) is 42.8 Å². The Kier molecular flexibility index (Phi) is 5.13. The largest absolute Gasteiger partial charge is 0.472 e. The lowest BCUT2D eigenvalue weighted by atomic mass is 10.1. The van der Waals surface area contributed by atoms with Crippen molar-refractivity contribution >= 4 is 20.9 Å². The average molecular weight is 444 g/mol. The molecule has 2 aromatic carbocycles. The average Bonchev–Trinajstić information content (AvgIpc) is 3.47. The van der Waals surface area contributed by atoms with Crippen molar-refractivity contribution in [1.82, 2.24) is 14.3 Å². The second kappa shape index (κ2) is 8.11. The summed E-state index contributed by atoms with van der Waals surface area (Å²) in [6.07, 6.45) is 4.82. The fourth-order valence-corrected chi connectivity index (χ4v) is 5.01. The highest BCUT2D eigenvalue weighted by Crippen LogP contribution is 2.32. The highest BCUT2D eigenvalue weighted by Gasteiger charge is 2.28. The molecular formula is C25H21N3O3S. The first-order chi connectivity index (χ1) is 15.5. The van der Waals surface area contributed by atoms with Gasteiger partial charge in [-0.05, 0) is 49.4 Å². The lowest BCUT2D eigenvalue weighted by molar-refractivity contribution is 0.551. The Hall–Kier alpha value is -3.68. The number of sulfonamides is 1. The molecule has 0 aliphatic rings. The van der Waals surface area contributed by atoms with Crippen LogP contribution in [0.2, 0.25) is 0 Å². The van der Waals surface area contributed by atoms with E-state index in [0.29, 0.717) is 11.4 Å². The predicted molar refractivity (Wildman–Crippen MR) is 123 cm³/mol. The van der Waals surface area contributed by atoms with Gasteiger partial charge in [0.2, 0.25) is 10.0 Å². The van der Waals surface area contributed by atoms with Gasteiger partial charge in [-0.25, -0.2) is 13.4 Å². The van der Waals surface area contributed by atoms with E-state index in [9.17, 15) is 8.42 Å². The van der Waals surface area contributed by atoms with Crippen molar-refractivity contribution in [3.63, 3.8) is 0 Å². The van der Waals surface area contributed by atoms with Gasteiger partial charge in [-0.2, -0.15) is 4.72 Å². The zero-order chi connectivity index (χ0) is 22.1. The normalized spacial score (nSPS) is 12.8. The second-order valence-electron chi connectivity index (χ2n) is 7.58. The van der Waals surface area contributed by atoms with Crippen molar-refractivity contribution in [1.29, 1.82) is 0 Å². The van der Waals surface area contributed by atoms with E-state index >= 15 is 0 Å². The number of nitrogens with one attached hydrogen (secondary N) is 1. The van der Waals surface area contributed by atoms with Crippen molar-refractivity contribution in [2.24, 2.45) is 0 Å². The van der Waals surface area contributed by atoms with Crippen LogP contribution in [0.5, 0.6) is 0 Å². The third-order valence-corrected chi connectivity index (χ3v) is 6.83. The van der Waals surface area contributed by atoms with Gasteiger partial charge in [0.25, 0.3) is 0 Å². The van der Waals surface area contributed by atoms with Gasteiger partial charge in [0.15, 0.2) is 0 Å². The number of pyridine rings is 1. The lowest BCUT2D eigenvalue weighted by Crippen LogP contribution is -2.30. The number of para-hydroxylation sites is 1.